The minimum Gasteiger partial charge on any atom is -0.381 e. The van der Waals surface area contributed by atoms with E-state index in [9.17, 15) is 18.0 Å². The normalized spacial score (nSPS) is 26.0. The first-order valence-electron chi connectivity index (χ1n) is 9.66. The molecule has 0 spiro atoms. The maximum atomic E-state index is 13.2. The van der Waals surface area contributed by atoms with E-state index in [4.69, 9.17) is 10.5 Å². The number of nitrogens with two attached hydrogens (primary N) is 1. The number of alkyl halides is 3. The molecule has 9 heteroatoms. The van der Waals surface area contributed by atoms with Crippen molar-refractivity contribution in [2.75, 3.05) is 44.3 Å². The number of halogens is 3. The number of anilines is 1. The number of amides is 1. The number of pyridine rings is 1. The lowest BCUT2D eigenvalue weighted by atomic mass is 9.84. The molecule has 2 N–H and O–H groups in total. The molecular formula is C19H27F3N4O2. The third kappa shape index (κ3) is 4.41. The van der Waals surface area contributed by atoms with Crippen molar-refractivity contribution in [2.24, 2.45) is 11.1 Å². The molecule has 1 aliphatic carbocycles. The fourth-order valence-corrected chi connectivity index (χ4v) is 4.09. The van der Waals surface area contributed by atoms with Crippen LogP contribution in [0.2, 0.25) is 0 Å². The van der Waals surface area contributed by atoms with Crippen molar-refractivity contribution >= 4 is 11.7 Å². The zero-order valence-electron chi connectivity index (χ0n) is 16.0. The number of nitrogens with zero attached hydrogens (tertiary/aromatic N) is 3. The Morgan fingerprint density at radius 1 is 1.36 bits per heavy atom. The van der Waals surface area contributed by atoms with Crippen molar-refractivity contribution in [1.29, 1.82) is 0 Å². The molecule has 0 aromatic carbocycles. The van der Waals surface area contributed by atoms with Gasteiger partial charge in [-0.2, -0.15) is 13.2 Å². The van der Waals surface area contributed by atoms with Gasteiger partial charge < -0.3 is 20.3 Å². The fourth-order valence-electron chi connectivity index (χ4n) is 4.09. The molecule has 1 aromatic rings. The standard InChI is InChI=1S/C19H27F3N4O2/c1-2-28-13-18(5-3-15(23)12-18)17(27)26-9-7-25(8-10-26)16-11-14(4-6-24-16)19(20,21)22/h4,6,11,15H,2-3,5,7-10,12-13,23H2,1H3/t15-,18?/m1/s1. The fraction of sp³-hybridized carbons (Fsp3) is 0.684. The number of hydrogen-bond acceptors (Lipinski definition) is 5. The van der Waals surface area contributed by atoms with Crippen LogP contribution in [0, 0.1) is 5.41 Å². The molecule has 156 valence electrons. The van der Waals surface area contributed by atoms with Gasteiger partial charge >= 0.3 is 6.18 Å². The van der Waals surface area contributed by atoms with E-state index in [1.165, 1.54) is 6.20 Å². The second kappa shape index (κ2) is 8.24. The van der Waals surface area contributed by atoms with Crippen molar-refractivity contribution in [2.45, 2.75) is 38.4 Å². The molecule has 28 heavy (non-hydrogen) atoms. The van der Waals surface area contributed by atoms with Gasteiger partial charge in [0.1, 0.15) is 5.82 Å². The summed E-state index contributed by atoms with van der Waals surface area (Å²) in [5.74, 6) is 0.333. The van der Waals surface area contributed by atoms with E-state index < -0.39 is 17.2 Å². The van der Waals surface area contributed by atoms with Gasteiger partial charge in [-0.25, -0.2) is 4.98 Å². The molecular weight excluding hydrogens is 373 g/mol. The number of aromatic nitrogens is 1. The van der Waals surface area contributed by atoms with E-state index in [1.807, 2.05) is 6.92 Å². The highest BCUT2D eigenvalue weighted by molar-refractivity contribution is 5.83. The Morgan fingerprint density at radius 3 is 2.64 bits per heavy atom. The molecule has 1 aromatic heterocycles. The number of carbonyl (C=O) groups is 1. The summed E-state index contributed by atoms with van der Waals surface area (Å²) in [5.41, 5.74) is 4.77. The van der Waals surface area contributed by atoms with E-state index >= 15 is 0 Å². The largest absolute Gasteiger partial charge is 0.416 e. The lowest BCUT2D eigenvalue weighted by molar-refractivity contribution is -0.146. The molecule has 1 saturated heterocycles. The van der Waals surface area contributed by atoms with Gasteiger partial charge in [-0.1, -0.05) is 0 Å². The minimum atomic E-state index is -4.40. The van der Waals surface area contributed by atoms with Crippen molar-refractivity contribution in [3.63, 3.8) is 0 Å². The van der Waals surface area contributed by atoms with Crippen LogP contribution in [0.5, 0.6) is 0 Å². The average molecular weight is 400 g/mol. The molecule has 2 atom stereocenters. The SMILES string of the molecule is CCOCC1(C(=O)N2CCN(c3cc(C(F)(F)F)ccn3)CC2)CC[C@@H](N)C1. The summed E-state index contributed by atoms with van der Waals surface area (Å²) >= 11 is 0. The lowest BCUT2D eigenvalue weighted by Crippen LogP contribution is -2.54. The van der Waals surface area contributed by atoms with Crippen molar-refractivity contribution in [3.05, 3.63) is 23.9 Å². The molecule has 0 bridgehead atoms. The zero-order chi connectivity index (χ0) is 20.4. The smallest absolute Gasteiger partial charge is 0.381 e. The summed E-state index contributed by atoms with van der Waals surface area (Å²) in [6.45, 7) is 4.58. The van der Waals surface area contributed by atoms with Gasteiger partial charge in [0.2, 0.25) is 5.91 Å². The Bertz CT molecular complexity index is 692. The predicted octanol–water partition coefficient (Wildman–Crippen LogP) is 2.28. The molecule has 6 nitrogen and oxygen atoms in total. The third-order valence-corrected chi connectivity index (χ3v) is 5.65. The highest BCUT2D eigenvalue weighted by Gasteiger charge is 2.47. The first-order valence-corrected chi connectivity index (χ1v) is 9.66. The van der Waals surface area contributed by atoms with Crippen LogP contribution < -0.4 is 10.6 Å². The van der Waals surface area contributed by atoms with E-state index in [0.29, 0.717) is 52.2 Å². The summed E-state index contributed by atoms with van der Waals surface area (Å²) in [6.07, 6.45) is -1.11. The average Bonchev–Trinajstić information content (AvgIpc) is 3.07. The van der Waals surface area contributed by atoms with Gasteiger partial charge in [0.05, 0.1) is 17.6 Å². The maximum absolute atomic E-state index is 13.2. The molecule has 1 saturated carbocycles. The summed E-state index contributed by atoms with van der Waals surface area (Å²) in [7, 11) is 0. The van der Waals surface area contributed by atoms with Crippen LogP contribution in [0.3, 0.4) is 0 Å². The van der Waals surface area contributed by atoms with Crippen molar-refractivity contribution in [3.8, 4) is 0 Å². The number of piperazine rings is 1. The first kappa shape index (κ1) is 20.9. The van der Waals surface area contributed by atoms with E-state index in [2.05, 4.69) is 4.98 Å². The van der Waals surface area contributed by atoms with Crippen LogP contribution >= 0.6 is 0 Å². The molecule has 2 heterocycles. The number of rotatable bonds is 5. The maximum Gasteiger partial charge on any atom is 0.416 e. The van der Waals surface area contributed by atoms with Crippen molar-refractivity contribution < 1.29 is 22.7 Å². The molecule has 1 amide bonds. The quantitative estimate of drug-likeness (QED) is 0.821. The predicted molar refractivity (Wildman–Crippen MR) is 98.8 cm³/mol. The van der Waals surface area contributed by atoms with E-state index in [1.54, 1.807) is 9.80 Å². The Morgan fingerprint density at radius 2 is 2.07 bits per heavy atom. The Kier molecular flexibility index (Phi) is 6.14. The topological polar surface area (TPSA) is 71.7 Å². The Labute approximate surface area is 162 Å². The van der Waals surface area contributed by atoms with Gasteiger partial charge in [-0.3, -0.25) is 4.79 Å². The highest BCUT2D eigenvalue weighted by Crippen LogP contribution is 2.40. The first-order chi connectivity index (χ1) is 13.2. The van der Waals surface area contributed by atoms with Gasteiger partial charge in [-0.15, -0.1) is 0 Å². The summed E-state index contributed by atoms with van der Waals surface area (Å²) < 4.78 is 44.4. The summed E-state index contributed by atoms with van der Waals surface area (Å²) in [4.78, 5) is 20.9. The van der Waals surface area contributed by atoms with Gasteiger partial charge in [0, 0.05) is 45.0 Å². The van der Waals surface area contributed by atoms with E-state index in [0.717, 1.165) is 18.6 Å². The Balaban J connectivity index is 1.65. The summed E-state index contributed by atoms with van der Waals surface area (Å²) in [6, 6.07) is 2.02. The van der Waals surface area contributed by atoms with Crippen LogP contribution in [0.4, 0.5) is 19.0 Å². The lowest BCUT2D eigenvalue weighted by Gasteiger charge is -2.40. The van der Waals surface area contributed by atoms with Crippen molar-refractivity contribution in [1.82, 2.24) is 9.88 Å². The van der Waals surface area contributed by atoms with Gasteiger partial charge in [0.15, 0.2) is 0 Å². The zero-order valence-corrected chi connectivity index (χ0v) is 16.0. The van der Waals surface area contributed by atoms with Crippen LogP contribution in [-0.2, 0) is 15.7 Å². The molecule has 1 aliphatic heterocycles. The third-order valence-electron chi connectivity index (χ3n) is 5.65. The molecule has 3 rings (SSSR count). The van der Waals surface area contributed by atoms with Crippen LogP contribution in [0.15, 0.2) is 18.3 Å². The second-order valence-corrected chi connectivity index (χ2v) is 7.60. The summed E-state index contributed by atoms with van der Waals surface area (Å²) in [5, 5.41) is 0. The number of carbonyl (C=O) groups excluding carboxylic acids is 1. The number of hydrogen-bond donors (Lipinski definition) is 1. The molecule has 1 unspecified atom stereocenters. The van der Waals surface area contributed by atoms with Gasteiger partial charge in [0.25, 0.3) is 0 Å². The molecule has 2 aliphatic rings. The van der Waals surface area contributed by atoms with Crippen LogP contribution in [-0.4, -0.2) is 61.2 Å². The van der Waals surface area contributed by atoms with Crippen LogP contribution in [0.1, 0.15) is 31.7 Å². The van der Waals surface area contributed by atoms with Gasteiger partial charge in [-0.05, 0) is 38.3 Å². The van der Waals surface area contributed by atoms with Crippen LogP contribution in [0.25, 0.3) is 0 Å². The monoisotopic (exact) mass is 400 g/mol. The highest BCUT2D eigenvalue weighted by atomic mass is 19.4. The number of ether oxygens (including phenoxy) is 1. The molecule has 0 radical (unpaired) electrons. The van der Waals surface area contributed by atoms with E-state index in [-0.39, 0.29) is 17.8 Å². The second-order valence-electron chi connectivity index (χ2n) is 7.60. The molecule has 2 fully saturated rings. The Hall–Kier alpha value is -1.87. The minimum absolute atomic E-state index is 0.00000321.